The largest absolute Gasteiger partial charge is 0.351 e. The van der Waals surface area contributed by atoms with Gasteiger partial charge in [-0.15, -0.1) is 0 Å². The van der Waals surface area contributed by atoms with Crippen LogP contribution in [0, 0.1) is 5.82 Å². The minimum Gasteiger partial charge on any atom is -0.351 e. The highest BCUT2D eigenvalue weighted by Gasteiger charge is 2.35. The molecule has 6 nitrogen and oxygen atoms in total. The average Bonchev–Trinajstić information content (AvgIpc) is 3.34. The SMILES string of the molecule is O=C(NC1CCCCC1)[C@H](c1ccccc1)N(C(=O)c1cnsn1)c1ccc(F)cc1. The van der Waals surface area contributed by atoms with Gasteiger partial charge < -0.3 is 5.32 Å². The standard InChI is InChI=1S/C23H23FN4O2S/c24-17-11-13-19(14-12-17)28(23(30)20-15-25-31-27-20)21(16-7-3-1-4-8-16)22(29)26-18-9-5-2-6-10-18/h1,3-4,7-8,11-15,18,21H,2,5-6,9-10H2,(H,26,29)/t21-/m0/s1. The fourth-order valence-electron chi connectivity index (χ4n) is 3.95. The van der Waals surface area contributed by atoms with Crippen LogP contribution < -0.4 is 10.2 Å². The van der Waals surface area contributed by atoms with Crippen LogP contribution in [0.15, 0.2) is 60.8 Å². The van der Waals surface area contributed by atoms with Crippen LogP contribution in [0.25, 0.3) is 0 Å². The number of hydrogen-bond acceptors (Lipinski definition) is 5. The highest BCUT2D eigenvalue weighted by Crippen LogP contribution is 2.30. The van der Waals surface area contributed by atoms with E-state index in [9.17, 15) is 14.0 Å². The molecular formula is C23H23FN4O2S. The van der Waals surface area contributed by atoms with Gasteiger partial charge >= 0.3 is 0 Å². The number of amides is 2. The number of nitrogens with one attached hydrogen (secondary N) is 1. The Kier molecular flexibility index (Phi) is 6.66. The maximum atomic E-state index is 13.6. The minimum absolute atomic E-state index is 0.0820. The van der Waals surface area contributed by atoms with Crippen molar-refractivity contribution in [2.24, 2.45) is 0 Å². The lowest BCUT2D eigenvalue weighted by atomic mass is 9.94. The van der Waals surface area contributed by atoms with Gasteiger partial charge in [0.05, 0.1) is 17.9 Å². The molecule has 0 spiro atoms. The Morgan fingerprint density at radius 2 is 1.74 bits per heavy atom. The van der Waals surface area contributed by atoms with Crippen LogP contribution in [0.2, 0.25) is 0 Å². The number of rotatable bonds is 6. The van der Waals surface area contributed by atoms with E-state index in [2.05, 4.69) is 14.1 Å². The molecule has 1 fully saturated rings. The van der Waals surface area contributed by atoms with E-state index in [4.69, 9.17) is 0 Å². The number of anilines is 1. The Hall–Kier alpha value is -3.13. The lowest BCUT2D eigenvalue weighted by Gasteiger charge is -2.33. The van der Waals surface area contributed by atoms with Gasteiger partial charge in [-0.2, -0.15) is 8.75 Å². The number of carbonyl (C=O) groups excluding carboxylic acids is 2. The summed E-state index contributed by atoms with van der Waals surface area (Å²) in [5.41, 5.74) is 1.21. The van der Waals surface area contributed by atoms with Crippen molar-refractivity contribution >= 4 is 29.2 Å². The van der Waals surface area contributed by atoms with Gasteiger partial charge in [-0.3, -0.25) is 14.5 Å². The van der Waals surface area contributed by atoms with Crippen LogP contribution >= 0.6 is 11.7 Å². The summed E-state index contributed by atoms with van der Waals surface area (Å²) < 4.78 is 21.6. The molecule has 4 rings (SSSR count). The Balaban J connectivity index is 1.76. The third kappa shape index (κ3) is 4.96. The molecule has 1 atom stereocenters. The first-order chi connectivity index (χ1) is 15.1. The van der Waals surface area contributed by atoms with E-state index >= 15 is 0 Å². The quantitative estimate of drug-likeness (QED) is 0.614. The van der Waals surface area contributed by atoms with Crippen molar-refractivity contribution < 1.29 is 14.0 Å². The minimum atomic E-state index is -0.928. The number of nitrogens with zero attached hydrogens (tertiary/aromatic N) is 3. The van der Waals surface area contributed by atoms with E-state index in [1.807, 2.05) is 30.3 Å². The summed E-state index contributed by atoms with van der Waals surface area (Å²) >= 11 is 0.919. The van der Waals surface area contributed by atoms with Crippen molar-refractivity contribution in [3.05, 3.63) is 77.9 Å². The number of carbonyl (C=O) groups is 2. The molecule has 1 aliphatic carbocycles. The van der Waals surface area contributed by atoms with E-state index in [0.717, 1.165) is 37.4 Å². The van der Waals surface area contributed by atoms with Crippen molar-refractivity contribution in [2.75, 3.05) is 4.90 Å². The van der Waals surface area contributed by atoms with E-state index in [0.29, 0.717) is 11.3 Å². The van der Waals surface area contributed by atoms with Crippen molar-refractivity contribution in [1.82, 2.24) is 14.1 Å². The first-order valence-corrected chi connectivity index (χ1v) is 11.1. The van der Waals surface area contributed by atoms with E-state index in [-0.39, 0.29) is 17.6 Å². The highest BCUT2D eigenvalue weighted by atomic mass is 32.1. The number of aromatic nitrogens is 2. The summed E-state index contributed by atoms with van der Waals surface area (Å²) in [6.45, 7) is 0. The third-order valence-corrected chi connectivity index (χ3v) is 5.96. The van der Waals surface area contributed by atoms with Gasteiger partial charge in [-0.25, -0.2) is 4.39 Å². The summed E-state index contributed by atoms with van der Waals surface area (Å²) in [5.74, 6) is -1.15. The van der Waals surface area contributed by atoms with Crippen LogP contribution in [0.5, 0.6) is 0 Å². The zero-order valence-electron chi connectivity index (χ0n) is 16.9. The van der Waals surface area contributed by atoms with Crippen LogP contribution in [0.3, 0.4) is 0 Å². The summed E-state index contributed by atoms with van der Waals surface area (Å²) in [6, 6.07) is 13.8. The fraction of sp³-hybridized carbons (Fsp3) is 0.304. The average molecular weight is 439 g/mol. The molecule has 1 heterocycles. The summed E-state index contributed by atoms with van der Waals surface area (Å²) in [6.07, 6.45) is 6.55. The van der Waals surface area contributed by atoms with Crippen molar-refractivity contribution in [1.29, 1.82) is 0 Å². The maximum Gasteiger partial charge on any atom is 0.280 e. The molecule has 8 heteroatoms. The molecule has 0 bridgehead atoms. The van der Waals surface area contributed by atoms with E-state index < -0.39 is 17.8 Å². The van der Waals surface area contributed by atoms with Crippen LogP contribution in [0.4, 0.5) is 10.1 Å². The molecule has 2 amide bonds. The summed E-state index contributed by atoms with van der Waals surface area (Å²) in [5, 5.41) is 3.14. The second-order valence-electron chi connectivity index (χ2n) is 7.60. The van der Waals surface area contributed by atoms with E-state index in [1.54, 1.807) is 0 Å². The Labute approximate surface area is 184 Å². The van der Waals surface area contributed by atoms with Crippen LogP contribution in [0.1, 0.15) is 54.2 Å². The van der Waals surface area contributed by atoms with Crippen molar-refractivity contribution in [3.63, 3.8) is 0 Å². The molecule has 0 radical (unpaired) electrons. The second kappa shape index (κ2) is 9.78. The van der Waals surface area contributed by atoms with Gasteiger partial charge in [0.2, 0.25) is 5.91 Å². The molecular weight excluding hydrogens is 415 g/mol. The monoisotopic (exact) mass is 438 g/mol. The molecule has 2 aromatic carbocycles. The van der Waals surface area contributed by atoms with Gasteiger partial charge in [0.15, 0.2) is 5.69 Å². The van der Waals surface area contributed by atoms with Gasteiger partial charge in [-0.1, -0.05) is 49.6 Å². The molecule has 3 aromatic rings. The lowest BCUT2D eigenvalue weighted by Crippen LogP contribution is -2.47. The topological polar surface area (TPSA) is 75.2 Å². The van der Waals surface area contributed by atoms with Crippen molar-refractivity contribution in [3.8, 4) is 0 Å². The van der Waals surface area contributed by atoms with Crippen LogP contribution in [-0.2, 0) is 4.79 Å². The highest BCUT2D eigenvalue weighted by molar-refractivity contribution is 6.99. The van der Waals surface area contributed by atoms with Gasteiger partial charge in [0.25, 0.3) is 5.91 Å². The maximum absolute atomic E-state index is 13.6. The Morgan fingerprint density at radius 1 is 1.03 bits per heavy atom. The summed E-state index contributed by atoms with van der Waals surface area (Å²) in [4.78, 5) is 28.4. The molecule has 0 unspecified atom stereocenters. The molecule has 1 aliphatic rings. The van der Waals surface area contributed by atoms with Crippen molar-refractivity contribution in [2.45, 2.75) is 44.2 Å². The zero-order valence-corrected chi connectivity index (χ0v) is 17.7. The number of hydrogen-bond donors (Lipinski definition) is 1. The van der Waals surface area contributed by atoms with Crippen LogP contribution in [-0.4, -0.2) is 26.6 Å². The first-order valence-electron chi connectivity index (χ1n) is 10.4. The van der Waals surface area contributed by atoms with Gasteiger partial charge in [0.1, 0.15) is 11.9 Å². The molecule has 31 heavy (non-hydrogen) atoms. The smallest absolute Gasteiger partial charge is 0.280 e. The molecule has 1 saturated carbocycles. The summed E-state index contributed by atoms with van der Waals surface area (Å²) in [7, 11) is 0. The normalized spacial score (nSPS) is 15.3. The number of halogens is 1. The molecule has 1 aromatic heterocycles. The van der Waals surface area contributed by atoms with Gasteiger partial charge in [-0.05, 0) is 42.7 Å². The van der Waals surface area contributed by atoms with E-state index in [1.165, 1.54) is 41.8 Å². The third-order valence-electron chi connectivity index (χ3n) is 5.48. The molecule has 0 aliphatic heterocycles. The van der Waals surface area contributed by atoms with Gasteiger partial charge in [0, 0.05) is 11.7 Å². The fourth-order valence-corrected chi connectivity index (χ4v) is 4.35. The molecule has 1 N–H and O–H groups in total. The predicted molar refractivity (Wildman–Crippen MR) is 117 cm³/mol. The number of benzene rings is 2. The first kappa shape index (κ1) is 21.1. The Morgan fingerprint density at radius 3 is 2.39 bits per heavy atom. The lowest BCUT2D eigenvalue weighted by molar-refractivity contribution is -0.123. The second-order valence-corrected chi connectivity index (χ2v) is 8.16. The Bertz CT molecular complexity index is 1010. The predicted octanol–water partition coefficient (Wildman–Crippen LogP) is 4.51. The molecule has 160 valence electrons. The molecule has 0 saturated heterocycles. The zero-order chi connectivity index (χ0) is 21.6.